The van der Waals surface area contributed by atoms with Gasteiger partial charge in [0.2, 0.25) is 0 Å². The van der Waals surface area contributed by atoms with Crippen molar-refractivity contribution in [3.63, 3.8) is 0 Å². The quantitative estimate of drug-likeness (QED) is 0.889. The first-order valence-corrected chi connectivity index (χ1v) is 6.24. The second-order valence-corrected chi connectivity index (χ2v) is 4.35. The number of nitrogens with one attached hydrogen (secondary N) is 1. The van der Waals surface area contributed by atoms with Gasteiger partial charge >= 0.3 is 0 Å². The third-order valence-electron chi connectivity index (χ3n) is 2.65. The van der Waals surface area contributed by atoms with Gasteiger partial charge in [0.1, 0.15) is 17.4 Å². The number of hydrogen-bond acceptors (Lipinski definition) is 3. The van der Waals surface area contributed by atoms with E-state index in [9.17, 15) is 13.6 Å². The first kappa shape index (κ1) is 14.9. The van der Waals surface area contributed by atoms with Gasteiger partial charge in [-0.2, -0.15) is 0 Å². The van der Waals surface area contributed by atoms with Gasteiger partial charge in [-0.05, 0) is 35.9 Å². The minimum atomic E-state index is -0.488. The summed E-state index contributed by atoms with van der Waals surface area (Å²) in [5.41, 5.74) is 6.31. The number of ether oxygens (including phenoxy) is 1. The number of rotatable bonds is 5. The summed E-state index contributed by atoms with van der Waals surface area (Å²) < 4.78 is 31.4. The van der Waals surface area contributed by atoms with Crippen LogP contribution in [0.3, 0.4) is 0 Å². The molecule has 0 saturated heterocycles. The first-order chi connectivity index (χ1) is 10.1. The van der Waals surface area contributed by atoms with E-state index in [1.54, 1.807) is 12.1 Å². The average Bonchev–Trinajstić information content (AvgIpc) is 2.44. The van der Waals surface area contributed by atoms with Crippen LogP contribution in [0.4, 0.5) is 14.5 Å². The highest BCUT2D eigenvalue weighted by molar-refractivity contribution is 5.91. The molecule has 0 heterocycles. The van der Waals surface area contributed by atoms with Crippen LogP contribution in [-0.4, -0.2) is 12.5 Å². The Morgan fingerprint density at radius 3 is 2.67 bits per heavy atom. The highest BCUT2D eigenvalue weighted by atomic mass is 19.1. The monoisotopic (exact) mass is 292 g/mol. The van der Waals surface area contributed by atoms with E-state index >= 15 is 0 Å². The van der Waals surface area contributed by atoms with Crippen molar-refractivity contribution in [3.05, 3.63) is 59.7 Å². The van der Waals surface area contributed by atoms with E-state index in [0.29, 0.717) is 11.3 Å². The number of carbonyl (C=O) groups is 1. The van der Waals surface area contributed by atoms with Gasteiger partial charge in [0.05, 0.1) is 0 Å². The molecule has 110 valence electrons. The molecule has 0 unspecified atom stereocenters. The molecule has 0 bridgehead atoms. The van der Waals surface area contributed by atoms with E-state index in [4.69, 9.17) is 10.5 Å². The predicted octanol–water partition coefficient (Wildman–Crippen LogP) is 2.44. The van der Waals surface area contributed by atoms with Crippen LogP contribution in [0.2, 0.25) is 0 Å². The molecule has 0 radical (unpaired) electrons. The van der Waals surface area contributed by atoms with E-state index in [-0.39, 0.29) is 18.9 Å². The summed E-state index contributed by atoms with van der Waals surface area (Å²) in [6.45, 7) is -0.145. The molecule has 0 spiro atoms. The Hall–Kier alpha value is -2.47. The smallest absolute Gasteiger partial charge is 0.262 e. The largest absolute Gasteiger partial charge is 0.484 e. The van der Waals surface area contributed by atoms with Crippen molar-refractivity contribution >= 4 is 11.6 Å². The molecule has 6 heteroatoms. The van der Waals surface area contributed by atoms with Crippen LogP contribution in [0.15, 0.2) is 42.5 Å². The van der Waals surface area contributed by atoms with Gasteiger partial charge in [-0.3, -0.25) is 4.79 Å². The lowest BCUT2D eigenvalue weighted by Crippen LogP contribution is -2.20. The second kappa shape index (κ2) is 6.81. The van der Waals surface area contributed by atoms with Gasteiger partial charge in [0, 0.05) is 18.3 Å². The third kappa shape index (κ3) is 4.54. The van der Waals surface area contributed by atoms with Crippen molar-refractivity contribution < 1.29 is 18.3 Å². The molecular weight excluding hydrogens is 278 g/mol. The fourth-order valence-electron chi connectivity index (χ4n) is 1.73. The highest BCUT2D eigenvalue weighted by Gasteiger charge is 2.06. The van der Waals surface area contributed by atoms with Crippen LogP contribution >= 0.6 is 0 Å². The molecule has 2 aromatic rings. The lowest BCUT2D eigenvalue weighted by molar-refractivity contribution is -0.118. The zero-order chi connectivity index (χ0) is 15.2. The Balaban J connectivity index is 1.93. The van der Waals surface area contributed by atoms with E-state index in [0.717, 1.165) is 6.07 Å². The summed E-state index contributed by atoms with van der Waals surface area (Å²) in [5.74, 6) is -1.20. The molecule has 0 saturated carbocycles. The predicted molar refractivity (Wildman–Crippen MR) is 74.8 cm³/mol. The third-order valence-corrected chi connectivity index (χ3v) is 2.65. The zero-order valence-corrected chi connectivity index (χ0v) is 11.1. The molecule has 4 nitrogen and oxygen atoms in total. The van der Waals surface area contributed by atoms with Crippen molar-refractivity contribution in [2.45, 2.75) is 6.54 Å². The number of carbonyl (C=O) groups excluding carboxylic acids is 1. The molecule has 0 aliphatic heterocycles. The Morgan fingerprint density at radius 1 is 1.14 bits per heavy atom. The fraction of sp³-hybridized carbons (Fsp3) is 0.133. The lowest BCUT2D eigenvalue weighted by Gasteiger charge is -2.09. The number of benzene rings is 2. The van der Waals surface area contributed by atoms with Crippen molar-refractivity contribution in [2.24, 2.45) is 5.73 Å². The summed E-state index contributed by atoms with van der Waals surface area (Å²) in [4.78, 5) is 11.7. The van der Waals surface area contributed by atoms with Gasteiger partial charge in [0.15, 0.2) is 6.61 Å². The molecule has 0 fully saturated rings. The normalized spacial score (nSPS) is 10.2. The number of hydrogen-bond donors (Lipinski definition) is 2. The molecule has 1 amide bonds. The Bertz CT molecular complexity index is 647. The minimum absolute atomic E-state index is 0.170. The van der Waals surface area contributed by atoms with Crippen molar-refractivity contribution in [2.75, 3.05) is 11.9 Å². The van der Waals surface area contributed by atoms with Crippen LogP contribution in [0.1, 0.15) is 5.56 Å². The summed E-state index contributed by atoms with van der Waals surface area (Å²) in [6.07, 6.45) is 0. The van der Waals surface area contributed by atoms with Crippen LogP contribution in [0.5, 0.6) is 5.75 Å². The molecule has 0 aromatic heterocycles. The van der Waals surface area contributed by atoms with Gasteiger partial charge in [-0.15, -0.1) is 0 Å². The van der Waals surface area contributed by atoms with Gasteiger partial charge in [-0.25, -0.2) is 8.78 Å². The SMILES string of the molecule is NCc1cc(F)cc(OCC(=O)Nc2cccc(F)c2)c1. The van der Waals surface area contributed by atoms with Gasteiger partial charge < -0.3 is 15.8 Å². The maximum Gasteiger partial charge on any atom is 0.262 e. The van der Waals surface area contributed by atoms with E-state index in [1.165, 1.54) is 24.3 Å². The van der Waals surface area contributed by atoms with Gasteiger partial charge in [-0.1, -0.05) is 6.07 Å². The molecular formula is C15H14F2N2O2. The van der Waals surface area contributed by atoms with E-state index < -0.39 is 17.5 Å². The van der Waals surface area contributed by atoms with E-state index in [2.05, 4.69) is 5.32 Å². The van der Waals surface area contributed by atoms with Gasteiger partial charge in [0.25, 0.3) is 5.91 Å². The minimum Gasteiger partial charge on any atom is -0.484 e. The van der Waals surface area contributed by atoms with Crippen molar-refractivity contribution in [1.82, 2.24) is 0 Å². The molecule has 21 heavy (non-hydrogen) atoms. The summed E-state index contributed by atoms with van der Waals surface area (Å²) in [5, 5.41) is 2.47. The highest BCUT2D eigenvalue weighted by Crippen LogP contribution is 2.16. The Labute approximate surface area is 120 Å². The second-order valence-electron chi connectivity index (χ2n) is 4.35. The Kier molecular flexibility index (Phi) is 4.84. The summed E-state index contributed by atoms with van der Waals surface area (Å²) >= 11 is 0. The first-order valence-electron chi connectivity index (χ1n) is 6.24. The molecule has 0 aliphatic carbocycles. The fourth-order valence-corrected chi connectivity index (χ4v) is 1.73. The van der Waals surface area contributed by atoms with Crippen LogP contribution in [-0.2, 0) is 11.3 Å². The van der Waals surface area contributed by atoms with Crippen LogP contribution in [0, 0.1) is 11.6 Å². The molecule has 0 aliphatic rings. The topological polar surface area (TPSA) is 64.3 Å². The number of nitrogens with two attached hydrogens (primary N) is 1. The number of amides is 1. The Morgan fingerprint density at radius 2 is 1.95 bits per heavy atom. The summed E-state index contributed by atoms with van der Waals surface area (Å²) in [6, 6.07) is 9.49. The van der Waals surface area contributed by atoms with Crippen LogP contribution in [0.25, 0.3) is 0 Å². The maximum absolute atomic E-state index is 13.3. The molecule has 3 N–H and O–H groups in total. The average molecular weight is 292 g/mol. The molecule has 2 aromatic carbocycles. The molecule has 0 atom stereocenters. The van der Waals surface area contributed by atoms with E-state index in [1.807, 2.05) is 0 Å². The number of anilines is 1. The zero-order valence-electron chi connectivity index (χ0n) is 11.1. The maximum atomic E-state index is 13.3. The van der Waals surface area contributed by atoms with Crippen LogP contribution < -0.4 is 15.8 Å². The molecule has 2 rings (SSSR count). The summed E-state index contributed by atoms with van der Waals surface area (Å²) in [7, 11) is 0. The van der Waals surface area contributed by atoms with Crippen molar-refractivity contribution in [1.29, 1.82) is 0 Å². The standard InChI is InChI=1S/C15H14F2N2O2/c16-11-2-1-3-13(6-11)19-15(20)9-21-14-5-10(8-18)4-12(17)7-14/h1-7H,8-9,18H2,(H,19,20). The van der Waals surface area contributed by atoms with Crippen molar-refractivity contribution in [3.8, 4) is 5.75 Å². The number of halogens is 2. The lowest BCUT2D eigenvalue weighted by atomic mass is 10.2.